The maximum absolute atomic E-state index is 15.1. The van der Waals surface area contributed by atoms with Gasteiger partial charge in [0.05, 0.1) is 12.0 Å². The highest BCUT2D eigenvalue weighted by atomic mass is 35.5. The van der Waals surface area contributed by atoms with Crippen molar-refractivity contribution < 1.29 is 18.4 Å². The van der Waals surface area contributed by atoms with Gasteiger partial charge in [0, 0.05) is 60.7 Å². The summed E-state index contributed by atoms with van der Waals surface area (Å²) in [7, 11) is 0. The van der Waals surface area contributed by atoms with Gasteiger partial charge in [0.15, 0.2) is 0 Å². The van der Waals surface area contributed by atoms with Gasteiger partial charge >= 0.3 is 0 Å². The number of halogens is 3. The second kappa shape index (κ2) is 12.4. The largest absolute Gasteiger partial charge is 0.336 e. The van der Waals surface area contributed by atoms with Crippen molar-refractivity contribution in [3.63, 3.8) is 0 Å². The minimum absolute atomic E-state index is 0.0412. The average molecular weight is 628 g/mol. The highest BCUT2D eigenvalue weighted by Crippen LogP contribution is 2.48. The van der Waals surface area contributed by atoms with Gasteiger partial charge in [-0.3, -0.25) is 14.5 Å². The summed E-state index contributed by atoms with van der Waals surface area (Å²) in [4.78, 5) is 33.5. The topological polar surface area (TPSA) is 43.9 Å². The van der Waals surface area contributed by atoms with Crippen LogP contribution in [0.1, 0.15) is 114 Å². The molecule has 0 aliphatic carbocycles. The summed E-state index contributed by atoms with van der Waals surface area (Å²) in [6, 6.07) is 8.11. The molecule has 2 aromatic carbocycles. The van der Waals surface area contributed by atoms with Crippen LogP contribution in [-0.4, -0.2) is 63.3 Å². The highest BCUT2D eigenvalue weighted by Gasteiger charge is 2.50. The Morgan fingerprint density at radius 3 is 2.16 bits per heavy atom. The van der Waals surface area contributed by atoms with E-state index in [2.05, 4.69) is 49.6 Å². The zero-order valence-electron chi connectivity index (χ0n) is 27.5. The van der Waals surface area contributed by atoms with Crippen molar-refractivity contribution in [2.75, 3.05) is 13.1 Å². The molecule has 5 rings (SSSR count). The molecule has 2 bridgehead atoms. The van der Waals surface area contributed by atoms with Crippen molar-refractivity contribution in [2.24, 2.45) is 5.92 Å². The molecule has 5 atom stereocenters. The van der Waals surface area contributed by atoms with E-state index >= 15 is 4.39 Å². The molecule has 8 heteroatoms. The van der Waals surface area contributed by atoms with Crippen molar-refractivity contribution in [3.8, 4) is 0 Å². The standard InChI is InChI=1S/C36H48ClF2N3O2/c1-20(2)41(23(5)43)22(4)29-13-21(3)33(37)17-30(29)24-14-26-10-11-27(15-24)42(26)35(44)32-19-40(36(6,7)8)18-31(32)28-12-9-25(38)16-34(28)39/h9,12-13,16-17,20,22,24,26-27,31-32H,10-11,14-15,18-19H2,1-8H3/t22?,24?,26?,27?,31-,32?/m0/s1. The van der Waals surface area contributed by atoms with Gasteiger partial charge in [-0.25, -0.2) is 8.78 Å². The molecule has 0 spiro atoms. The number of piperidine rings is 1. The first kappa shape index (κ1) is 32.9. The summed E-state index contributed by atoms with van der Waals surface area (Å²) in [5, 5.41) is 0.720. The number of carbonyl (C=O) groups is 2. The smallest absolute Gasteiger partial charge is 0.228 e. The number of aryl methyl sites for hydroxylation is 1. The molecule has 0 radical (unpaired) electrons. The average Bonchev–Trinajstić information content (AvgIpc) is 3.48. The SMILES string of the molecule is CC(=O)N(C(C)C)C(C)c1cc(C)c(Cl)cc1C1CC2CCC(C1)N2C(=O)C1CN(C(C)(C)C)C[C@H]1c1ccc(F)cc1F. The van der Waals surface area contributed by atoms with Crippen molar-refractivity contribution >= 4 is 23.4 Å². The second-order valence-electron chi connectivity index (χ2n) is 14.7. The molecular weight excluding hydrogens is 580 g/mol. The van der Waals surface area contributed by atoms with Gasteiger partial charge in [-0.05, 0) is 114 Å². The lowest BCUT2D eigenvalue weighted by atomic mass is 9.79. The molecule has 3 aliphatic rings. The van der Waals surface area contributed by atoms with Gasteiger partial charge in [-0.15, -0.1) is 0 Å². The Morgan fingerprint density at radius 2 is 1.61 bits per heavy atom. The number of amides is 2. The Bertz CT molecular complexity index is 1410. The molecule has 3 heterocycles. The molecule has 3 fully saturated rings. The fourth-order valence-corrected chi connectivity index (χ4v) is 8.54. The van der Waals surface area contributed by atoms with Crippen LogP contribution in [0.3, 0.4) is 0 Å². The molecule has 0 N–H and O–H groups in total. The molecule has 0 saturated carbocycles. The molecule has 4 unspecified atom stereocenters. The first-order chi connectivity index (χ1) is 20.6. The molecule has 5 nitrogen and oxygen atoms in total. The van der Waals surface area contributed by atoms with E-state index in [1.54, 1.807) is 6.92 Å². The number of nitrogens with zero attached hydrogens (tertiary/aromatic N) is 3. The Kier molecular flexibility index (Phi) is 9.23. The second-order valence-corrected chi connectivity index (χ2v) is 15.1. The van der Waals surface area contributed by atoms with Crippen LogP contribution in [0.25, 0.3) is 0 Å². The fraction of sp³-hybridized carbons (Fsp3) is 0.611. The van der Waals surface area contributed by atoms with Crippen LogP contribution >= 0.6 is 11.6 Å². The van der Waals surface area contributed by atoms with Crippen LogP contribution in [0.4, 0.5) is 8.78 Å². The molecule has 3 aliphatic heterocycles. The molecular formula is C36H48ClF2N3O2. The lowest BCUT2D eigenvalue weighted by Gasteiger charge is -2.42. The molecule has 2 aromatic rings. The predicted molar refractivity (Wildman–Crippen MR) is 172 cm³/mol. The number of carbonyl (C=O) groups excluding carboxylic acids is 2. The van der Waals surface area contributed by atoms with E-state index in [9.17, 15) is 14.0 Å². The number of likely N-dealkylation sites (tertiary alicyclic amines) is 1. The minimum Gasteiger partial charge on any atom is -0.336 e. The molecule has 0 aromatic heterocycles. The summed E-state index contributed by atoms with van der Waals surface area (Å²) in [5.41, 5.74) is 3.53. The highest BCUT2D eigenvalue weighted by molar-refractivity contribution is 6.31. The fourth-order valence-electron chi connectivity index (χ4n) is 8.37. The van der Waals surface area contributed by atoms with Crippen LogP contribution in [0.15, 0.2) is 30.3 Å². The van der Waals surface area contributed by atoms with E-state index in [-0.39, 0.29) is 53.4 Å². The molecule has 240 valence electrons. The van der Waals surface area contributed by atoms with E-state index in [0.29, 0.717) is 18.7 Å². The third-order valence-electron chi connectivity index (χ3n) is 10.5. The van der Waals surface area contributed by atoms with E-state index in [1.165, 1.54) is 17.7 Å². The molecule has 44 heavy (non-hydrogen) atoms. The van der Waals surface area contributed by atoms with E-state index in [1.807, 2.05) is 25.7 Å². The molecule has 3 saturated heterocycles. The Balaban J connectivity index is 1.44. The third kappa shape index (κ3) is 6.16. The molecule has 2 amide bonds. The third-order valence-corrected chi connectivity index (χ3v) is 10.9. The van der Waals surface area contributed by atoms with Crippen molar-refractivity contribution in [1.82, 2.24) is 14.7 Å². The normalized spacial score (nSPS) is 26.4. The zero-order valence-corrected chi connectivity index (χ0v) is 28.2. The van der Waals surface area contributed by atoms with Crippen molar-refractivity contribution in [2.45, 2.75) is 123 Å². The van der Waals surface area contributed by atoms with Crippen LogP contribution < -0.4 is 0 Å². The quantitative estimate of drug-likeness (QED) is 0.326. The number of hydrogen-bond acceptors (Lipinski definition) is 3. The van der Waals surface area contributed by atoms with Gasteiger partial charge in [0.2, 0.25) is 11.8 Å². The van der Waals surface area contributed by atoms with Crippen LogP contribution in [0.2, 0.25) is 5.02 Å². The summed E-state index contributed by atoms with van der Waals surface area (Å²) in [6.07, 6.45) is 3.53. The van der Waals surface area contributed by atoms with Gasteiger partial charge < -0.3 is 9.80 Å². The lowest BCUT2D eigenvalue weighted by Crippen LogP contribution is -2.50. The summed E-state index contributed by atoms with van der Waals surface area (Å²) < 4.78 is 28.9. The van der Waals surface area contributed by atoms with Gasteiger partial charge in [0.25, 0.3) is 0 Å². The van der Waals surface area contributed by atoms with Crippen molar-refractivity contribution in [1.29, 1.82) is 0 Å². The summed E-state index contributed by atoms with van der Waals surface area (Å²) >= 11 is 6.71. The lowest BCUT2D eigenvalue weighted by molar-refractivity contribution is -0.140. The van der Waals surface area contributed by atoms with E-state index < -0.39 is 17.6 Å². The van der Waals surface area contributed by atoms with Gasteiger partial charge in [-0.1, -0.05) is 23.7 Å². The Labute approximate surface area is 266 Å². The Morgan fingerprint density at radius 1 is 0.977 bits per heavy atom. The maximum Gasteiger partial charge on any atom is 0.228 e. The predicted octanol–water partition coefficient (Wildman–Crippen LogP) is 8.00. The monoisotopic (exact) mass is 627 g/mol. The van der Waals surface area contributed by atoms with Gasteiger partial charge in [0.1, 0.15) is 11.6 Å². The zero-order chi connectivity index (χ0) is 32.2. The van der Waals surface area contributed by atoms with Gasteiger partial charge in [-0.2, -0.15) is 0 Å². The van der Waals surface area contributed by atoms with E-state index in [0.717, 1.165) is 47.9 Å². The Hall–Kier alpha value is -2.51. The summed E-state index contributed by atoms with van der Waals surface area (Å²) in [5.74, 6) is -1.57. The number of hydrogen-bond donors (Lipinski definition) is 0. The maximum atomic E-state index is 15.1. The first-order valence-electron chi connectivity index (χ1n) is 16.2. The number of fused-ring (bicyclic) bond motifs is 2. The van der Waals surface area contributed by atoms with Crippen molar-refractivity contribution in [3.05, 3.63) is 69.2 Å². The number of rotatable bonds is 6. The first-order valence-corrected chi connectivity index (χ1v) is 16.6. The van der Waals surface area contributed by atoms with Crippen LogP contribution in [0, 0.1) is 24.5 Å². The number of benzene rings is 2. The minimum atomic E-state index is -0.607. The van der Waals surface area contributed by atoms with Crippen LogP contribution in [-0.2, 0) is 9.59 Å². The van der Waals surface area contributed by atoms with Crippen LogP contribution in [0.5, 0.6) is 0 Å². The van der Waals surface area contributed by atoms with E-state index in [4.69, 9.17) is 11.6 Å². The summed E-state index contributed by atoms with van der Waals surface area (Å²) in [6.45, 7) is 17.3.